The first-order valence-corrected chi connectivity index (χ1v) is 12.5. The van der Waals surface area contributed by atoms with Gasteiger partial charge in [-0.2, -0.15) is 0 Å². The minimum Gasteiger partial charge on any atom is -0.508 e. The molecule has 1 fully saturated rings. The number of nitrogens with one attached hydrogen (secondary N) is 2. The second-order valence-corrected chi connectivity index (χ2v) is 9.99. The number of carbonyl (C=O) groups excluding carboxylic acids is 3. The lowest BCUT2D eigenvalue weighted by atomic mass is 9.94. The van der Waals surface area contributed by atoms with E-state index in [1.807, 2.05) is 0 Å². The van der Waals surface area contributed by atoms with Crippen molar-refractivity contribution in [3.63, 3.8) is 0 Å². The third-order valence-corrected chi connectivity index (χ3v) is 5.83. The van der Waals surface area contributed by atoms with E-state index in [9.17, 15) is 19.5 Å². The van der Waals surface area contributed by atoms with E-state index in [1.165, 1.54) is 23.5 Å². The molecule has 8 nitrogen and oxygen atoms in total. The van der Waals surface area contributed by atoms with E-state index in [1.54, 1.807) is 32.9 Å². The van der Waals surface area contributed by atoms with E-state index in [0.717, 1.165) is 44.9 Å². The van der Waals surface area contributed by atoms with Crippen LogP contribution in [0.3, 0.4) is 0 Å². The number of aromatic hydroxyl groups is 1. The van der Waals surface area contributed by atoms with Gasteiger partial charge < -0.3 is 25.4 Å². The Hall–Kier alpha value is -2.77. The van der Waals surface area contributed by atoms with Crippen LogP contribution < -0.4 is 10.6 Å². The summed E-state index contributed by atoms with van der Waals surface area (Å²) < 4.78 is 5.24. The highest BCUT2D eigenvalue weighted by molar-refractivity contribution is 5.90. The average Bonchev–Trinajstić information content (AvgIpc) is 2.77. The fourth-order valence-corrected chi connectivity index (χ4v) is 4.15. The molecule has 0 spiro atoms. The molecule has 3 N–H and O–H groups in total. The summed E-state index contributed by atoms with van der Waals surface area (Å²) >= 11 is 0. The number of benzene rings is 1. The molecular formula is C26H41N3O5. The van der Waals surface area contributed by atoms with Gasteiger partial charge in [0, 0.05) is 12.6 Å². The van der Waals surface area contributed by atoms with Gasteiger partial charge in [0.25, 0.3) is 0 Å². The van der Waals surface area contributed by atoms with Gasteiger partial charge in [-0.1, -0.05) is 51.2 Å². The lowest BCUT2D eigenvalue weighted by Gasteiger charge is -2.33. The molecule has 3 amide bonds. The van der Waals surface area contributed by atoms with Crippen molar-refractivity contribution in [3.8, 4) is 5.75 Å². The van der Waals surface area contributed by atoms with Crippen molar-refractivity contribution in [1.29, 1.82) is 0 Å². The van der Waals surface area contributed by atoms with Crippen molar-refractivity contribution >= 4 is 17.9 Å². The number of alkyl carbamates (subject to hydrolysis) is 1. The molecule has 34 heavy (non-hydrogen) atoms. The number of amides is 3. The number of unbranched alkanes of at least 4 members (excludes halogenated alkanes) is 2. The Balaban J connectivity index is 2.25. The second kappa shape index (κ2) is 13.2. The summed E-state index contributed by atoms with van der Waals surface area (Å²) in [5, 5.41) is 15.4. The summed E-state index contributed by atoms with van der Waals surface area (Å²) in [4.78, 5) is 40.5. The molecule has 8 heteroatoms. The van der Waals surface area contributed by atoms with Gasteiger partial charge in [0.15, 0.2) is 0 Å². The van der Waals surface area contributed by atoms with Gasteiger partial charge in [-0.05, 0) is 57.7 Å². The van der Waals surface area contributed by atoms with E-state index in [4.69, 9.17) is 4.74 Å². The number of phenols is 1. The van der Waals surface area contributed by atoms with Crippen LogP contribution in [0.1, 0.15) is 90.7 Å². The Morgan fingerprint density at radius 3 is 2.32 bits per heavy atom. The molecule has 1 atom stereocenters. The normalized spacial score (nSPS) is 15.3. The quantitative estimate of drug-likeness (QED) is 0.434. The highest BCUT2D eigenvalue weighted by Gasteiger charge is 2.33. The molecule has 1 aromatic rings. The summed E-state index contributed by atoms with van der Waals surface area (Å²) in [7, 11) is 0. The lowest BCUT2D eigenvalue weighted by Crippen LogP contribution is -2.50. The summed E-state index contributed by atoms with van der Waals surface area (Å²) in [6, 6.07) is 5.61. The molecule has 0 heterocycles. The van der Waals surface area contributed by atoms with Crippen molar-refractivity contribution in [3.05, 3.63) is 29.8 Å². The van der Waals surface area contributed by atoms with Crippen molar-refractivity contribution in [1.82, 2.24) is 15.5 Å². The minimum absolute atomic E-state index is 0.0886. The highest BCUT2D eigenvalue weighted by Crippen LogP contribution is 2.26. The summed E-state index contributed by atoms with van der Waals surface area (Å²) in [6.07, 6.45) is 7.12. The zero-order chi connectivity index (χ0) is 25.1. The Kier molecular flexibility index (Phi) is 10.7. The number of hydrogen-bond donors (Lipinski definition) is 3. The zero-order valence-electron chi connectivity index (χ0n) is 21.1. The summed E-state index contributed by atoms with van der Waals surface area (Å²) in [5.41, 5.74) is -0.0594. The predicted octanol–water partition coefficient (Wildman–Crippen LogP) is 4.43. The number of carbonyl (C=O) groups is 3. The summed E-state index contributed by atoms with van der Waals surface area (Å²) in [6.45, 7) is 7.44. The standard InChI is InChI=1S/C26H41N3O5/c1-5-6-10-17-29(22(31)18-27-25(33)34-26(2,3)4)23(19-13-15-21(30)16-14-19)24(32)28-20-11-8-7-9-12-20/h13-16,20,23,30H,5-12,17-18H2,1-4H3,(H,27,33)(H,28,32). The van der Waals surface area contributed by atoms with Gasteiger partial charge in [-0.3, -0.25) is 9.59 Å². The monoisotopic (exact) mass is 475 g/mol. The SMILES string of the molecule is CCCCCN(C(=O)CNC(=O)OC(C)(C)C)C(C(=O)NC1CCCCC1)c1ccc(O)cc1. The second-order valence-electron chi connectivity index (χ2n) is 9.99. The van der Waals surface area contributed by atoms with Gasteiger partial charge in [-0.25, -0.2) is 4.79 Å². The lowest BCUT2D eigenvalue weighted by molar-refractivity contribution is -0.140. The smallest absolute Gasteiger partial charge is 0.408 e. The first-order chi connectivity index (χ1) is 16.1. The predicted molar refractivity (Wildman–Crippen MR) is 131 cm³/mol. The Morgan fingerprint density at radius 2 is 1.74 bits per heavy atom. The van der Waals surface area contributed by atoms with E-state index < -0.39 is 17.7 Å². The van der Waals surface area contributed by atoms with Gasteiger partial charge in [0.05, 0.1) is 0 Å². The molecule has 1 unspecified atom stereocenters. The van der Waals surface area contributed by atoms with Crippen LogP contribution in [-0.4, -0.2) is 52.6 Å². The number of phenolic OH excluding ortho intramolecular Hbond substituents is 1. The fourth-order valence-electron chi connectivity index (χ4n) is 4.15. The summed E-state index contributed by atoms with van der Waals surface area (Å²) in [5.74, 6) is -0.510. The molecular weight excluding hydrogens is 434 g/mol. The first kappa shape index (κ1) is 27.5. The van der Waals surface area contributed by atoms with Crippen LogP contribution in [0.4, 0.5) is 4.79 Å². The maximum absolute atomic E-state index is 13.5. The number of hydrogen-bond acceptors (Lipinski definition) is 5. The molecule has 1 aliphatic carbocycles. The molecule has 0 saturated heterocycles. The third-order valence-electron chi connectivity index (χ3n) is 5.83. The molecule has 190 valence electrons. The van der Waals surface area contributed by atoms with E-state index in [2.05, 4.69) is 17.6 Å². The van der Waals surface area contributed by atoms with E-state index in [-0.39, 0.29) is 30.2 Å². The Morgan fingerprint density at radius 1 is 1.09 bits per heavy atom. The molecule has 1 aromatic carbocycles. The molecule has 0 aliphatic heterocycles. The van der Waals surface area contributed by atoms with Crippen molar-refractivity contribution in [2.75, 3.05) is 13.1 Å². The molecule has 2 rings (SSSR count). The topological polar surface area (TPSA) is 108 Å². The molecule has 0 bridgehead atoms. The molecule has 0 aromatic heterocycles. The van der Waals surface area contributed by atoms with Gasteiger partial charge >= 0.3 is 6.09 Å². The van der Waals surface area contributed by atoms with Gasteiger partial charge in [-0.15, -0.1) is 0 Å². The van der Waals surface area contributed by atoms with Crippen LogP contribution in [0.15, 0.2) is 24.3 Å². The largest absolute Gasteiger partial charge is 0.508 e. The van der Waals surface area contributed by atoms with E-state index >= 15 is 0 Å². The maximum Gasteiger partial charge on any atom is 0.408 e. The van der Waals surface area contributed by atoms with Gasteiger partial charge in [0.1, 0.15) is 23.9 Å². The fraction of sp³-hybridized carbons (Fsp3) is 0.654. The minimum atomic E-state index is -0.854. The number of ether oxygens (including phenoxy) is 1. The molecule has 0 radical (unpaired) electrons. The van der Waals surface area contributed by atoms with Gasteiger partial charge in [0.2, 0.25) is 11.8 Å². The maximum atomic E-state index is 13.5. The first-order valence-electron chi connectivity index (χ1n) is 12.5. The van der Waals surface area contributed by atoms with Crippen molar-refractivity contribution < 1.29 is 24.2 Å². The zero-order valence-corrected chi connectivity index (χ0v) is 21.1. The number of rotatable bonds is 10. The Labute approximate surface area is 203 Å². The van der Waals surface area contributed by atoms with Crippen molar-refractivity contribution in [2.24, 2.45) is 0 Å². The van der Waals surface area contributed by atoms with Crippen LogP contribution in [0.5, 0.6) is 5.75 Å². The van der Waals surface area contributed by atoms with Crippen LogP contribution >= 0.6 is 0 Å². The van der Waals surface area contributed by atoms with Crippen LogP contribution in [0.25, 0.3) is 0 Å². The van der Waals surface area contributed by atoms with Crippen molar-refractivity contribution in [2.45, 2.75) is 96.7 Å². The van der Waals surface area contributed by atoms with E-state index in [0.29, 0.717) is 12.1 Å². The van der Waals surface area contributed by atoms with Crippen LogP contribution in [0.2, 0.25) is 0 Å². The highest BCUT2D eigenvalue weighted by atomic mass is 16.6. The molecule has 1 aliphatic rings. The number of nitrogens with zero attached hydrogens (tertiary/aromatic N) is 1. The molecule has 1 saturated carbocycles. The average molecular weight is 476 g/mol. The third kappa shape index (κ3) is 9.23. The van der Waals surface area contributed by atoms with Crippen LogP contribution in [0, 0.1) is 0 Å². The van der Waals surface area contributed by atoms with Crippen LogP contribution in [-0.2, 0) is 14.3 Å². The Bertz CT molecular complexity index is 798.